The number of hydrogen-bond acceptors (Lipinski definition) is 3. The molecule has 1 aliphatic rings. The molecule has 0 spiro atoms. The van der Waals surface area contributed by atoms with Crippen molar-refractivity contribution in [3.8, 4) is 0 Å². The number of nitrogens with one attached hydrogen (secondary N) is 2. The maximum Gasteiger partial charge on any atom is 0.416 e. The third-order valence-corrected chi connectivity index (χ3v) is 6.80. The Bertz CT molecular complexity index is 1130. The van der Waals surface area contributed by atoms with Crippen molar-refractivity contribution >= 4 is 40.7 Å². The van der Waals surface area contributed by atoms with E-state index in [1.165, 1.54) is 18.2 Å². The van der Waals surface area contributed by atoms with Gasteiger partial charge < -0.3 is 15.2 Å². The zero-order valence-electron chi connectivity index (χ0n) is 17.5. The molecule has 5 nitrogen and oxygen atoms in total. The predicted octanol–water partition coefficient (Wildman–Crippen LogP) is 4.65. The van der Waals surface area contributed by atoms with Crippen LogP contribution in [0.4, 0.5) is 26.3 Å². The van der Waals surface area contributed by atoms with Gasteiger partial charge in [-0.3, -0.25) is 9.59 Å². The first kappa shape index (κ1) is 26.9. The first-order chi connectivity index (χ1) is 16.2. The van der Waals surface area contributed by atoms with Crippen LogP contribution in [0.15, 0.2) is 48.5 Å². The highest BCUT2D eigenvalue weighted by Crippen LogP contribution is 2.36. The van der Waals surface area contributed by atoms with E-state index in [2.05, 4.69) is 5.32 Å². The minimum atomic E-state index is -5.06. The SMILES string of the molecule is O=C(C=Cc1ccc(C(=O)NC2C[S+]([O-])C2)c(Cl)c1)NC(c1cccc(C(F)(F)F)c1)C(F)(F)F. The van der Waals surface area contributed by atoms with Crippen LogP contribution >= 0.6 is 11.6 Å². The maximum absolute atomic E-state index is 13.5. The van der Waals surface area contributed by atoms with Gasteiger partial charge in [-0.05, 0) is 52.6 Å². The van der Waals surface area contributed by atoms with Crippen molar-refractivity contribution < 1.29 is 40.5 Å². The van der Waals surface area contributed by atoms with E-state index in [0.29, 0.717) is 23.6 Å². The van der Waals surface area contributed by atoms with Gasteiger partial charge in [-0.1, -0.05) is 29.8 Å². The molecule has 1 atom stereocenters. The van der Waals surface area contributed by atoms with E-state index in [4.69, 9.17) is 11.6 Å². The minimum Gasteiger partial charge on any atom is -0.616 e. The molecule has 2 aromatic carbocycles. The molecule has 0 radical (unpaired) electrons. The van der Waals surface area contributed by atoms with Crippen molar-refractivity contribution in [3.63, 3.8) is 0 Å². The van der Waals surface area contributed by atoms with Gasteiger partial charge in [-0.2, -0.15) is 26.3 Å². The van der Waals surface area contributed by atoms with Gasteiger partial charge in [0, 0.05) is 6.08 Å². The molecule has 3 rings (SSSR count). The minimum absolute atomic E-state index is 0.0163. The predicted molar refractivity (Wildman–Crippen MR) is 118 cm³/mol. The average Bonchev–Trinajstić information content (AvgIpc) is 2.73. The molecule has 13 heteroatoms. The lowest BCUT2D eigenvalue weighted by Crippen LogP contribution is -2.52. The number of alkyl halides is 6. The molecule has 0 bridgehead atoms. The van der Waals surface area contributed by atoms with E-state index in [1.807, 2.05) is 0 Å². The van der Waals surface area contributed by atoms with Gasteiger partial charge in [-0.15, -0.1) is 0 Å². The number of amides is 2. The highest BCUT2D eigenvalue weighted by atomic mass is 35.5. The Morgan fingerprint density at radius 3 is 2.34 bits per heavy atom. The van der Waals surface area contributed by atoms with Gasteiger partial charge in [0.2, 0.25) is 5.91 Å². The third kappa shape index (κ3) is 7.15. The Morgan fingerprint density at radius 2 is 1.77 bits per heavy atom. The number of halogens is 7. The van der Waals surface area contributed by atoms with Crippen LogP contribution in [0, 0.1) is 0 Å². The molecule has 0 saturated carbocycles. The Morgan fingerprint density at radius 1 is 1.09 bits per heavy atom. The highest BCUT2D eigenvalue weighted by molar-refractivity contribution is 7.92. The van der Waals surface area contributed by atoms with Gasteiger partial charge in [0.05, 0.1) is 16.1 Å². The standard InChI is InChI=1S/C22H17ClF6N2O3S/c23-17-8-12(4-6-16(17)20(33)30-15-10-35(34)11-15)5-7-18(32)31-19(22(27,28)29)13-2-1-3-14(9-13)21(24,25)26/h1-9,15,19H,10-11H2,(H,30,33)(H,31,32). The fourth-order valence-corrected chi connectivity index (χ4v) is 4.42. The van der Waals surface area contributed by atoms with Crippen LogP contribution in [0.3, 0.4) is 0 Å². The summed E-state index contributed by atoms with van der Waals surface area (Å²) < 4.78 is 90.2. The van der Waals surface area contributed by atoms with Crippen molar-refractivity contribution in [2.45, 2.75) is 24.4 Å². The largest absolute Gasteiger partial charge is 0.616 e. The van der Waals surface area contributed by atoms with E-state index in [-0.39, 0.29) is 22.2 Å². The second kappa shape index (κ2) is 10.5. The fraction of sp³-hybridized carbons (Fsp3) is 0.273. The fourth-order valence-electron chi connectivity index (χ4n) is 3.18. The van der Waals surface area contributed by atoms with Crippen LogP contribution in [0.5, 0.6) is 0 Å². The Balaban J connectivity index is 1.70. The van der Waals surface area contributed by atoms with Crippen molar-refractivity contribution in [1.82, 2.24) is 10.6 Å². The van der Waals surface area contributed by atoms with Crippen LogP contribution in [-0.2, 0) is 22.1 Å². The molecule has 1 heterocycles. The maximum atomic E-state index is 13.5. The molecule has 1 unspecified atom stereocenters. The lowest BCUT2D eigenvalue weighted by molar-refractivity contribution is -0.162. The summed E-state index contributed by atoms with van der Waals surface area (Å²) in [6.07, 6.45) is -8.01. The van der Waals surface area contributed by atoms with Gasteiger partial charge in [0.1, 0.15) is 17.5 Å². The molecule has 2 N–H and O–H groups in total. The molecular formula is C22H17ClF6N2O3S. The van der Waals surface area contributed by atoms with Gasteiger partial charge >= 0.3 is 12.4 Å². The van der Waals surface area contributed by atoms with E-state index in [1.54, 1.807) is 5.32 Å². The smallest absolute Gasteiger partial charge is 0.416 e. The molecule has 0 aliphatic carbocycles. The second-order valence-electron chi connectivity index (χ2n) is 7.62. The number of carbonyl (C=O) groups is 2. The van der Waals surface area contributed by atoms with Crippen LogP contribution in [-0.4, -0.2) is 40.1 Å². The monoisotopic (exact) mass is 538 g/mol. The van der Waals surface area contributed by atoms with Crippen LogP contribution in [0.25, 0.3) is 6.08 Å². The van der Waals surface area contributed by atoms with Crippen LogP contribution in [0.2, 0.25) is 5.02 Å². The Hall–Kier alpha value is -2.70. The van der Waals surface area contributed by atoms with E-state index in [9.17, 15) is 40.5 Å². The number of benzene rings is 2. The molecule has 2 aromatic rings. The molecule has 1 saturated heterocycles. The topological polar surface area (TPSA) is 81.3 Å². The zero-order chi connectivity index (χ0) is 26.0. The molecule has 35 heavy (non-hydrogen) atoms. The highest BCUT2D eigenvalue weighted by Gasteiger charge is 2.42. The molecule has 2 amide bonds. The van der Waals surface area contributed by atoms with Crippen molar-refractivity contribution in [2.24, 2.45) is 0 Å². The summed E-state index contributed by atoms with van der Waals surface area (Å²) in [6, 6.07) is 3.78. The van der Waals surface area contributed by atoms with E-state index >= 15 is 0 Å². The van der Waals surface area contributed by atoms with E-state index in [0.717, 1.165) is 24.3 Å². The number of hydrogen-bond donors (Lipinski definition) is 2. The van der Waals surface area contributed by atoms with Crippen molar-refractivity contribution in [2.75, 3.05) is 11.5 Å². The Labute approximate surface area is 203 Å². The molecule has 1 aliphatic heterocycles. The normalized spacial score (nSPS) is 19.2. The van der Waals surface area contributed by atoms with Crippen LogP contribution < -0.4 is 10.6 Å². The summed E-state index contributed by atoms with van der Waals surface area (Å²) in [4.78, 5) is 24.4. The quantitative estimate of drug-likeness (QED) is 0.319. The second-order valence-corrected chi connectivity index (χ2v) is 9.58. The summed E-state index contributed by atoms with van der Waals surface area (Å²) in [5.41, 5.74) is -1.65. The molecule has 188 valence electrons. The van der Waals surface area contributed by atoms with E-state index < -0.39 is 52.5 Å². The summed E-state index contributed by atoms with van der Waals surface area (Å²) >= 11 is 5.14. The van der Waals surface area contributed by atoms with Crippen LogP contribution in [0.1, 0.15) is 33.1 Å². The summed E-state index contributed by atoms with van der Waals surface area (Å²) in [5, 5.41) is 4.34. The number of rotatable bonds is 6. The van der Waals surface area contributed by atoms with Gasteiger partial charge in [0.25, 0.3) is 5.91 Å². The summed E-state index contributed by atoms with van der Waals surface area (Å²) in [5.74, 6) is -1.00. The van der Waals surface area contributed by atoms with Gasteiger partial charge in [0.15, 0.2) is 6.04 Å². The lowest BCUT2D eigenvalue weighted by atomic mass is 10.0. The first-order valence-corrected chi connectivity index (χ1v) is 11.8. The number of carbonyl (C=O) groups excluding carboxylic acids is 2. The first-order valence-electron chi connectivity index (χ1n) is 9.92. The third-order valence-electron chi connectivity index (χ3n) is 4.94. The summed E-state index contributed by atoms with van der Waals surface area (Å²) in [7, 11) is 0. The van der Waals surface area contributed by atoms with Crippen molar-refractivity contribution in [3.05, 3.63) is 75.8 Å². The molecular weight excluding hydrogens is 522 g/mol. The molecule has 0 aromatic heterocycles. The zero-order valence-corrected chi connectivity index (χ0v) is 19.1. The summed E-state index contributed by atoms with van der Waals surface area (Å²) in [6.45, 7) is 0. The lowest BCUT2D eigenvalue weighted by Gasteiger charge is -2.29. The van der Waals surface area contributed by atoms with Gasteiger partial charge in [-0.25, -0.2) is 0 Å². The molecule has 1 fully saturated rings. The average molecular weight is 539 g/mol. The Kier molecular flexibility index (Phi) is 8.07. The van der Waals surface area contributed by atoms with Crippen molar-refractivity contribution in [1.29, 1.82) is 0 Å².